The quantitative estimate of drug-likeness (QED) is 0.439. The van der Waals surface area contributed by atoms with Gasteiger partial charge in [0.05, 0.1) is 12.7 Å². The highest BCUT2D eigenvalue weighted by Crippen LogP contribution is 2.20. The number of carbonyl (C=O) groups is 1. The average molecular weight is 157 g/mol. The molecule has 2 rings (SSSR count). The highest BCUT2D eigenvalue weighted by atomic mass is 16.6. The number of ether oxygens (including phenoxy) is 2. The fraction of sp³-hybridized carbons (Fsp3) is 0.857. The van der Waals surface area contributed by atoms with E-state index in [1.807, 2.05) is 6.92 Å². The van der Waals surface area contributed by atoms with E-state index in [4.69, 9.17) is 9.47 Å². The summed E-state index contributed by atoms with van der Waals surface area (Å²) in [5, 5.41) is 3.06. The molecular weight excluding hydrogens is 146 g/mol. The van der Waals surface area contributed by atoms with Gasteiger partial charge < -0.3 is 9.47 Å². The van der Waals surface area contributed by atoms with E-state index < -0.39 is 0 Å². The monoisotopic (exact) mass is 157 g/mol. The molecule has 11 heavy (non-hydrogen) atoms. The number of hydrogen-bond donors (Lipinski definition) is 1. The molecule has 2 fully saturated rings. The largest absolute Gasteiger partial charge is 0.464 e. The van der Waals surface area contributed by atoms with Gasteiger partial charge in [-0.25, -0.2) is 0 Å². The fourth-order valence-electron chi connectivity index (χ4n) is 1.21. The minimum absolute atomic E-state index is 0.0747. The maximum atomic E-state index is 10.9. The molecule has 0 aromatic heterocycles. The second-order valence-corrected chi connectivity index (χ2v) is 2.94. The van der Waals surface area contributed by atoms with Crippen LogP contribution in [0.4, 0.5) is 0 Å². The van der Waals surface area contributed by atoms with Gasteiger partial charge in [0.1, 0.15) is 12.3 Å². The predicted octanol–water partition coefficient (Wildman–Crippen LogP) is -0.364. The molecular formula is C7H11NO3. The topological polar surface area (TPSA) is 50.9 Å². The van der Waals surface area contributed by atoms with Gasteiger partial charge in [-0.1, -0.05) is 0 Å². The molecule has 0 aromatic rings. The molecule has 2 aliphatic rings. The minimum Gasteiger partial charge on any atom is -0.464 e. The third-order valence-electron chi connectivity index (χ3n) is 2.01. The lowest BCUT2D eigenvalue weighted by molar-refractivity contribution is -0.139. The van der Waals surface area contributed by atoms with E-state index in [1.165, 1.54) is 0 Å². The average Bonchev–Trinajstić information content (AvgIpc) is 2.48. The van der Waals surface area contributed by atoms with Gasteiger partial charge in [0.2, 0.25) is 0 Å². The van der Waals surface area contributed by atoms with Gasteiger partial charge in [-0.3, -0.25) is 10.1 Å². The summed E-state index contributed by atoms with van der Waals surface area (Å²) in [6, 6.07) is -0.134. The van der Waals surface area contributed by atoms with Crippen molar-refractivity contribution in [2.24, 2.45) is 0 Å². The van der Waals surface area contributed by atoms with Crippen LogP contribution < -0.4 is 5.32 Å². The van der Waals surface area contributed by atoms with Crippen LogP contribution in [-0.2, 0) is 14.3 Å². The van der Waals surface area contributed by atoms with Gasteiger partial charge in [0.25, 0.3) is 0 Å². The summed E-state index contributed by atoms with van der Waals surface area (Å²) in [6.07, 6.45) is 1.10. The Morgan fingerprint density at radius 2 is 2.36 bits per heavy atom. The first-order valence-electron chi connectivity index (χ1n) is 3.85. The van der Waals surface area contributed by atoms with E-state index in [0.717, 1.165) is 6.42 Å². The number of rotatable bonds is 2. The molecule has 0 radical (unpaired) electrons. The van der Waals surface area contributed by atoms with Crippen LogP contribution in [0, 0.1) is 0 Å². The Labute approximate surface area is 64.9 Å². The van der Waals surface area contributed by atoms with Crippen LogP contribution in [0.15, 0.2) is 0 Å². The van der Waals surface area contributed by atoms with Crippen molar-refractivity contribution in [3.8, 4) is 0 Å². The normalized spacial score (nSPS) is 42.3. The molecule has 1 N–H and O–H groups in total. The van der Waals surface area contributed by atoms with Crippen LogP contribution in [0.3, 0.4) is 0 Å². The van der Waals surface area contributed by atoms with Gasteiger partial charge in [0.15, 0.2) is 0 Å². The maximum Gasteiger partial charge on any atom is 0.323 e. The maximum absolute atomic E-state index is 10.9. The first-order valence-corrected chi connectivity index (χ1v) is 3.85. The molecule has 62 valence electrons. The van der Waals surface area contributed by atoms with Crippen molar-refractivity contribution in [1.82, 2.24) is 5.32 Å². The van der Waals surface area contributed by atoms with E-state index >= 15 is 0 Å². The Hall–Kier alpha value is -0.610. The summed E-state index contributed by atoms with van der Waals surface area (Å²) >= 11 is 0. The van der Waals surface area contributed by atoms with Crippen molar-refractivity contribution in [2.45, 2.75) is 31.7 Å². The van der Waals surface area contributed by atoms with E-state index in [2.05, 4.69) is 5.32 Å². The van der Waals surface area contributed by atoms with Gasteiger partial charge in [-0.15, -0.1) is 0 Å². The highest BCUT2D eigenvalue weighted by Gasteiger charge is 2.39. The summed E-state index contributed by atoms with van der Waals surface area (Å²) in [5.41, 5.74) is 0. The second kappa shape index (κ2) is 2.46. The Balaban J connectivity index is 1.81. The zero-order valence-corrected chi connectivity index (χ0v) is 6.37. The Morgan fingerprint density at radius 3 is 2.82 bits per heavy atom. The SMILES string of the molecule is CC1OC1NC1CCOC1=O. The van der Waals surface area contributed by atoms with Crippen molar-refractivity contribution in [3.05, 3.63) is 0 Å². The van der Waals surface area contributed by atoms with Crippen molar-refractivity contribution in [2.75, 3.05) is 6.61 Å². The van der Waals surface area contributed by atoms with E-state index in [9.17, 15) is 4.79 Å². The zero-order valence-electron chi connectivity index (χ0n) is 6.37. The van der Waals surface area contributed by atoms with Crippen molar-refractivity contribution < 1.29 is 14.3 Å². The van der Waals surface area contributed by atoms with Crippen LogP contribution in [-0.4, -0.2) is 30.9 Å². The van der Waals surface area contributed by atoms with E-state index in [1.54, 1.807) is 0 Å². The summed E-state index contributed by atoms with van der Waals surface area (Å²) in [7, 11) is 0. The van der Waals surface area contributed by atoms with Gasteiger partial charge in [-0.05, 0) is 6.92 Å². The van der Waals surface area contributed by atoms with Crippen molar-refractivity contribution in [3.63, 3.8) is 0 Å². The molecule has 0 aromatic carbocycles. The molecule has 3 unspecified atom stereocenters. The van der Waals surface area contributed by atoms with E-state index in [-0.39, 0.29) is 24.3 Å². The smallest absolute Gasteiger partial charge is 0.323 e. The molecule has 0 aliphatic carbocycles. The number of carbonyl (C=O) groups excluding carboxylic acids is 1. The van der Waals surface area contributed by atoms with E-state index in [0.29, 0.717) is 6.61 Å². The summed E-state index contributed by atoms with van der Waals surface area (Å²) in [4.78, 5) is 10.9. The number of hydrogen-bond acceptors (Lipinski definition) is 4. The standard InChI is InChI=1S/C7H11NO3/c1-4-6(11-4)8-5-2-3-10-7(5)9/h4-6,8H,2-3H2,1H3. The van der Waals surface area contributed by atoms with Gasteiger partial charge >= 0.3 is 5.97 Å². The lowest BCUT2D eigenvalue weighted by Crippen LogP contribution is -2.35. The van der Waals surface area contributed by atoms with Crippen molar-refractivity contribution in [1.29, 1.82) is 0 Å². The highest BCUT2D eigenvalue weighted by molar-refractivity contribution is 5.77. The molecule has 0 saturated carbocycles. The summed E-state index contributed by atoms with van der Waals surface area (Å²) in [5.74, 6) is -0.146. The molecule has 4 heteroatoms. The number of epoxide rings is 1. The van der Waals surface area contributed by atoms with Crippen molar-refractivity contribution >= 4 is 5.97 Å². The fourth-order valence-corrected chi connectivity index (χ4v) is 1.21. The van der Waals surface area contributed by atoms with Crippen LogP contribution in [0.2, 0.25) is 0 Å². The number of esters is 1. The molecule has 2 heterocycles. The van der Waals surface area contributed by atoms with Crippen LogP contribution >= 0.6 is 0 Å². The minimum atomic E-state index is -0.146. The molecule has 2 aliphatic heterocycles. The summed E-state index contributed by atoms with van der Waals surface area (Å²) in [6.45, 7) is 2.51. The third-order valence-corrected chi connectivity index (χ3v) is 2.01. The Morgan fingerprint density at radius 1 is 1.64 bits per heavy atom. The lowest BCUT2D eigenvalue weighted by Gasteiger charge is -2.03. The van der Waals surface area contributed by atoms with Crippen LogP contribution in [0.5, 0.6) is 0 Å². The molecule has 0 bridgehead atoms. The molecule has 4 nitrogen and oxygen atoms in total. The predicted molar refractivity (Wildman–Crippen MR) is 36.8 cm³/mol. The first-order chi connectivity index (χ1) is 5.27. The summed E-state index contributed by atoms with van der Waals surface area (Å²) < 4.78 is 9.88. The number of nitrogens with one attached hydrogen (secondary N) is 1. The van der Waals surface area contributed by atoms with Gasteiger partial charge in [-0.2, -0.15) is 0 Å². The first kappa shape index (κ1) is 7.06. The number of cyclic esters (lactones) is 1. The van der Waals surface area contributed by atoms with Crippen LogP contribution in [0.1, 0.15) is 13.3 Å². The Kier molecular flexibility index (Phi) is 1.58. The molecule has 0 amide bonds. The van der Waals surface area contributed by atoms with Gasteiger partial charge in [0, 0.05) is 6.42 Å². The zero-order chi connectivity index (χ0) is 7.84. The second-order valence-electron chi connectivity index (χ2n) is 2.94. The Bertz CT molecular complexity index is 183. The van der Waals surface area contributed by atoms with Crippen LogP contribution in [0.25, 0.3) is 0 Å². The lowest BCUT2D eigenvalue weighted by atomic mass is 10.2. The third kappa shape index (κ3) is 1.36. The molecule has 2 saturated heterocycles. The molecule has 3 atom stereocenters. The molecule has 0 spiro atoms.